The minimum absolute atomic E-state index is 0.169. The maximum Gasteiger partial charge on any atom is 0.319 e. The molecule has 0 aliphatic carbocycles. The molecule has 0 spiro atoms. The molecule has 5 nitrogen and oxygen atoms in total. The van der Waals surface area contributed by atoms with Crippen molar-refractivity contribution in [2.75, 3.05) is 5.32 Å². The van der Waals surface area contributed by atoms with E-state index >= 15 is 0 Å². The maximum atomic E-state index is 12.0. The predicted molar refractivity (Wildman–Crippen MR) is 79.8 cm³/mol. The minimum atomic E-state index is -0.276. The van der Waals surface area contributed by atoms with Crippen molar-refractivity contribution in [2.24, 2.45) is 5.92 Å². The fourth-order valence-corrected chi connectivity index (χ4v) is 1.97. The number of imidazole rings is 1. The Bertz CT molecular complexity index is 551. The van der Waals surface area contributed by atoms with Gasteiger partial charge in [0.05, 0.1) is 6.04 Å². The van der Waals surface area contributed by atoms with Crippen LogP contribution in [0.5, 0.6) is 0 Å². The smallest absolute Gasteiger partial charge is 0.319 e. The number of anilines is 1. The summed E-state index contributed by atoms with van der Waals surface area (Å²) in [5, 5.41) is 6.30. The highest BCUT2D eigenvalue weighted by atomic mass is 35.5. The third kappa shape index (κ3) is 3.74. The molecule has 3 N–H and O–H groups in total. The molecule has 1 atom stereocenters. The summed E-state index contributed by atoms with van der Waals surface area (Å²) in [6.45, 7) is 4.05. The summed E-state index contributed by atoms with van der Waals surface area (Å²) in [7, 11) is 0. The molecule has 6 heteroatoms. The molecule has 0 saturated heterocycles. The van der Waals surface area contributed by atoms with Gasteiger partial charge >= 0.3 is 6.03 Å². The van der Waals surface area contributed by atoms with Crippen LogP contribution in [0.15, 0.2) is 36.7 Å². The number of urea groups is 1. The number of H-pyrrole nitrogens is 1. The van der Waals surface area contributed by atoms with Crippen molar-refractivity contribution in [1.82, 2.24) is 15.3 Å². The average Bonchev–Trinajstić information content (AvgIpc) is 2.92. The van der Waals surface area contributed by atoms with Crippen LogP contribution in [-0.4, -0.2) is 16.0 Å². The van der Waals surface area contributed by atoms with Crippen LogP contribution in [0.4, 0.5) is 10.5 Å². The Balaban J connectivity index is 2.00. The highest BCUT2D eigenvalue weighted by molar-refractivity contribution is 6.30. The maximum absolute atomic E-state index is 12.0. The molecule has 0 aliphatic rings. The fourth-order valence-electron chi connectivity index (χ4n) is 1.84. The van der Waals surface area contributed by atoms with E-state index in [1.807, 2.05) is 13.8 Å². The molecule has 2 aromatic rings. The fraction of sp³-hybridized carbons (Fsp3) is 0.286. The Morgan fingerprint density at radius 3 is 2.55 bits per heavy atom. The SMILES string of the molecule is CC(C)[C@H](NC(=O)Nc1ccc(Cl)cc1)c1ncc[nH]1. The Morgan fingerprint density at radius 1 is 1.30 bits per heavy atom. The minimum Gasteiger partial charge on any atom is -0.347 e. The lowest BCUT2D eigenvalue weighted by Crippen LogP contribution is -2.35. The number of nitrogens with zero attached hydrogens (tertiary/aromatic N) is 1. The number of halogens is 1. The number of benzene rings is 1. The monoisotopic (exact) mass is 292 g/mol. The van der Waals surface area contributed by atoms with Crippen molar-refractivity contribution in [3.63, 3.8) is 0 Å². The molecule has 0 fully saturated rings. The molecule has 0 unspecified atom stereocenters. The first-order valence-corrected chi connectivity index (χ1v) is 6.76. The lowest BCUT2D eigenvalue weighted by atomic mass is 10.0. The van der Waals surface area contributed by atoms with Gasteiger partial charge in [0.15, 0.2) is 0 Å². The van der Waals surface area contributed by atoms with Crippen LogP contribution in [0.1, 0.15) is 25.7 Å². The first-order chi connectivity index (χ1) is 9.56. The van der Waals surface area contributed by atoms with Crippen LogP contribution in [0.25, 0.3) is 0 Å². The van der Waals surface area contributed by atoms with E-state index in [9.17, 15) is 4.79 Å². The lowest BCUT2D eigenvalue weighted by molar-refractivity contribution is 0.244. The van der Waals surface area contributed by atoms with Crippen molar-refractivity contribution >= 4 is 23.3 Å². The summed E-state index contributed by atoms with van der Waals surface area (Å²) < 4.78 is 0. The van der Waals surface area contributed by atoms with Crippen LogP contribution in [0.2, 0.25) is 5.02 Å². The molecule has 0 bridgehead atoms. The van der Waals surface area contributed by atoms with Gasteiger partial charge < -0.3 is 15.6 Å². The molecule has 2 rings (SSSR count). The number of carbonyl (C=O) groups excluding carboxylic acids is 1. The normalized spacial score (nSPS) is 12.2. The Morgan fingerprint density at radius 2 is 2.00 bits per heavy atom. The summed E-state index contributed by atoms with van der Waals surface area (Å²) in [5.74, 6) is 0.961. The zero-order valence-electron chi connectivity index (χ0n) is 11.4. The Hall–Kier alpha value is -2.01. The quantitative estimate of drug-likeness (QED) is 0.806. The number of hydrogen-bond acceptors (Lipinski definition) is 2. The van der Waals surface area contributed by atoms with Crippen LogP contribution in [-0.2, 0) is 0 Å². The van der Waals surface area contributed by atoms with E-state index in [0.29, 0.717) is 10.7 Å². The standard InChI is InChI=1S/C14H17ClN4O/c1-9(2)12(13-16-7-8-17-13)19-14(20)18-11-5-3-10(15)4-6-11/h3-9,12H,1-2H3,(H,16,17)(H2,18,19,20)/t12-/m0/s1. The highest BCUT2D eigenvalue weighted by Gasteiger charge is 2.20. The van der Waals surface area contributed by atoms with Crippen molar-refractivity contribution in [2.45, 2.75) is 19.9 Å². The van der Waals surface area contributed by atoms with Gasteiger partial charge in [-0.1, -0.05) is 25.4 Å². The molecule has 1 aromatic carbocycles. The van der Waals surface area contributed by atoms with Gasteiger partial charge in [-0.2, -0.15) is 0 Å². The van der Waals surface area contributed by atoms with E-state index in [0.717, 1.165) is 5.82 Å². The predicted octanol–water partition coefficient (Wildman–Crippen LogP) is 3.58. The average molecular weight is 293 g/mol. The number of aromatic nitrogens is 2. The van der Waals surface area contributed by atoms with Crippen LogP contribution >= 0.6 is 11.6 Å². The molecule has 20 heavy (non-hydrogen) atoms. The topological polar surface area (TPSA) is 69.8 Å². The molecular formula is C14H17ClN4O. The van der Waals surface area contributed by atoms with E-state index in [4.69, 9.17) is 11.6 Å². The van der Waals surface area contributed by atoms with Crippen molar-refractivity contribution in [3.05, 3.63) is 47.5 Å². The largest absolute Gasteiger partial charge is 0.347 e. The van der Waals surface area contributed by atoms with Crippen LogP contribution in [0, 0.1) is 5.92 Å². The second kappa shape index (κ2) is 6.43. The third-order valence-corrected chi connectivity index (χ3v) is 3.12. The summed E-state index contributed by atoms with van der Waals surface area (Å²) in [4.78, 5) is 19.2. The number of nitrogens with one attached hydrogen (secondary N) is 3. The molecular weight excluding hydrogens is 276 g/mol. The summed E-state index contributed by atoms with van der Waals surface area (Å²) in [5.41, 5.74) is 0.689. The summed E-state index contributed by atoms with van der Waals surface area (Å²) >= 11 is 5.80. The van der Waals surface area contributed by atoms with E-state index in [2.05, 4.69) is 20.6 Å². The molecule has 0 aliphatic heterocycles. The number of amides is 2. The molecule has 2 amide bonds. The van der Waals surface area contributed by atoms with E-state index in [1.54, 1.807) is 36.7 Å². The Labute approximate surface area is 122 Å². The van der Waals surface area contributed by atoms with Gasteiger partial charge in [-0.05, 0) is 30.2 Å². The molecule has 0 radical (unpaired) electrons. The third-order valence-electron chi connectivity index (χ3n) is 2.87. The molecule has 0 saturated carbocycles. The van der Waals surface area contributed by atoms with Gasteiger partial charge in [0, 0.05) is 23.1 Å². The van der Waals surface area contributed by atoms with Crippen molar-refractivity contribution < 1.29 is 4.79 Å². The molecule has 1 aromatic heterocycles. The van der Waals surface area contributed by atoms with Gasteiger partial charge in [-0.15, -0.1) is 0 Å². The van der Waals surface area contributed by atoms with Crippen molar-refractivity contribution in [1.29, 1.82) is 0 Å². The van der Waals surface area contributed by atoms with Gasteiger partial charge in [0.2, 0.25) is 0 Å². The lowest BCUT2D eigenvalue weighted by Gasteiger charge is -2.20. The van der Waals surface area contributed by atoms with Gasteiger partial charge in [-0.25, -0.2) is 9.78 Å². The second-order valence-corrected chi connectivity index (χ2v) is 5.24. The summed E-state index contributed by atoms with van der Waals surface area (Å²) in [6.07, 6.45) is 3.41. The van der Waals surface area contributed by atoms with Crippen LogP contribution < -0.4 is 10.6 Å². The van der Waals surface area contributed by atoms with Gasteiger partial charge in [-0.3, -0.25) is 0 Å². The zero-order chi connectivity index (χ0) is 14.5. The first kappa shape index (κ1) is 14.4. The number of carbonyl (C=O) groups is 1. The van der Waals surface area contributed by atoms with E-state index < -0.39 is 0 Å². The summed E-state index contributed by atoms with van der Waals surface area (Å²) in [6, 6.07) is 6.51. The van der Waals surface area contributed by atoms with E-state index in [-0.39, 0.29) is 18.0 Å². The van der Waals surface area contributed by atoms with E-state index in [1.165, 1.54) is 0 Å². The Kier molecular flexibility index (Phi) is 4.63. The first-order valence-electron chi connectivity index (χ1n) is 6.38. The van der Waals surface area contributed by atoms with Crippen molar-refractivity contribution in [3.8, 4) is 0 Å². The molecule has 1 heterocycles. The number of aromatic amines is 1. The zero-order valence-corrected chi connectivity index (χ0v) is 12.1. The number of hydrogen-bond donors (Lipinski definition) is 3. The van der Waals surface area contributed by atoms with Crippen LogP contribution in [0.3, 0.4) is 0 Å². The second-order valence-electron chi connectivity index (χ2n) is 4.80. The number of rotatable bonds is 4. The highest BCUT2D eigenvalue weighted by Crippen LogP contribution is 2.18. The van der Waals surface area contributed by atoms with Gasteiger partial charge in [0.25, 0.3) is 0 Å². The molecule has 106 valence electrons. The van der Waals surface area contributed by atoms with Gasteiger partial charge in [0.1, 0.15) is 5.82 Å².